The minimum Gasteiger partial charge on any atom is -0.323 e. The summed E-state index contributed by atoms with van der Waals surface area (Å²) < 4.78 is 0. The maximum Gasteiger partial charge on any atom is 0.244 e. The van der Waals surface area contributed by atoms with Crippen molar-refractivity contribution in [3.8, 4) is 0 Å². The van der Waals surface area contributed by atoms with Crippen LogP contribution in [0.4, 0.5) is 0 Å². The molecule has 17 heavy (non-hydrogen) atoms. The summed E-state index contributed by atoms with van der Waals surface area (Å²) in [6, 6.07) is 0.292. The Hall–Kier alpha value is -0.610. The van der Waals surface area contributed by atoms with E-state index in [0.717, 1.165) is 19.4 Å². The molecule has 1 heterocycles. The van der Waals surface area contributed by atoms with Crippen molar-refractivity contribution in [2.75, 3.05) is 20.6 Å². The van der Waals surface area contributed by atoms with Crippen molar-refractivity contribution >= 4 is 5.91 Å². The van der Waals surface area contributed by atoms with Crippen LogP contribution in [0.25, 0.3) is 0 Å². The Bertz CT molecular complexity index is 280. The van der Waals surface area contributed by atoms with E-state index in [1.165, 1.54) is 0 Å². The van der Waals surface area contributed by atoms with Gasteiger partial charge in [-0.1, -0.05) is 6.92 Å². The second kappa shape index (κ2) is 5.36. The van der Waals surface area contributed by atoms with E-state index in [1.807, 2.05) is 11.8 Å². The highest BCUT2D eigenvalue weighted by atomic mass is 16.2. The molecule has 1 saturated heterocycles. The number of hydrogen-bond donors (Lipinski definition) is 1. The molecule has 1 N–H and O–H groups in total. The van der Waals surface area contributed by atoms with Gasteiger partial charge in [0.15, 0.2) is 0 Å². The summed E-state index contributed by atoms with van der Waals surface area (Å²) in [5.41, 5.74) is -0.369. The first-order valence-corrected chi connectivity index (χ1v) is 6.57. The molecule has 3 unspecified atom stereocenters. The lowest BCUT2D eigenvalue weighted by molar-refractivity contribution is -0.134. The van der Waals surface area contributed by atoms with Gasteiger partial charge >= 0.3 is 0 Å². The van der Waals surface area contributed by atoms with E-state index in [1.54, 1.807) is 0 Å². The van der Waals surface area contributed by atoms with E-state index < -0.39 is 0 Å². The van der Waals surface area contributed by atoms with E-state index >= 15 is 0 Å². The summed E-state index contributed by atoms with van der Waals surface area (Å²) in [5.74, 6) is 0.249. The quantitative estimate of drug-likeness (QED) is 0.787. The van der Waals surface area contributed by atoms with Crippen LogP contribution in [0.5, 0.6) is 0 Å². The average molecular weight is 241 g/mol. The molecule has 4 heteroatoms. The zero-order valence-electron chi connectivity index (χ0n) is 12.1. The molecular weight excluding hydrogens is 214 g/mol. The molecule has 0 bridgehead atoms. The third-order valence-corrected chi connectivity index (χ3v) is 3.83. The van der Waals surface area contributed by atoms with Crippen LogP contribution in [0.1, 0.15) is 40.5 Å². The number of nitrogens with one attached hydrogen (secondary N) is 1. The van der Waals surface area contributed by atoms with E-state index in [9.17, 15) is 4.79 Å². The second-order valence-electron chi connectivity index (χ2n) is 5.66. The van der Waals surface area contributed by atoms with Crippen molar-refractivity contribution < 1.29 is 4.79 Å². The van der Waals surface area contributed by atoms with Crippen LogP contribution in [0, 0.1) is 0 Å². The van der Waals surface area contributed by atoms with E-state index in [0.29, 0.717) is 6.04 Å². The SMILES string of the molecule is CCC1(C)NC(C)N(C(C)CCN(C)C)C1=O. The molecular formula is C13H27N3O. The largest absolute Gasteiger partial charge is 0.323 e. The van der Waals surface area contributed by atoms with Crippen molar-refractivity contribution in [3.05, 3.63) is 0 Å². The van der Waals surface area contributed by atoms with Gasteiger partial charge in [0, 0.05) is 6.04 Å². The van der Waals surface area contributed by atoms with Crippen LogP contribution in [-0.2, 0) is 4.79 Å². The number of rotatable bonds is 5. The predicted octanol–water partition coefficient (Wildman–Crippen LogP) is 1.27. The Morgan fingerprint density at radius 1 is 1.53 bits per heavy atom. The topological polar surface area (TPSA) is 35.6 Å². The van der Waals surface area contributed by atoms with E-state index in [-0.39, 0.29) is 17.6 Å². The molecule has 0 saturated carbocycles. The van der Waals surface area contributed by atoms with Gasteiger partial charge in [0.25, 0.3) is 0 Å². The predicted molar refractivity (Wildman–Crippen MR) is 70.8 cm³/mol. The monoisotopic (exact) mass is 241 g/mol. The van der Waals surface area contributed by atoms with Crippen molar-refractivity contribution in [1.29, 1.82) is 0 Å². The number of carbonyl (C=O) groups excluding carboxylic acids is 1. The molecule has 1 fully saturated rings. The van der Waals surface area contributed by atoms with E-state index in [4.69, 9.17) is 0 Å². The number of carbonyl (C=O) groups is 1. The van der Waals surface area contributed by atoms with Gasteiger partial charge in [-0.2, -0.15) is 0 Å². The third-order valence-electron chi connectivity index (χ3n) is 3.83. The zero-order valence-corrected chi connectivity index (χ0v) is 12.1. The van der Waals surface area contributed by atoms with Crippen LogP contribution in [-0.4, -0.2) is 54.1 Å². The summed E-state index contributed by atoms with van der Waals surface area (Å²) in [6.07, 6.45) is 2.00. The van der Waals surface area contributed by atoms with Gasteiger partial charge in [0.1, 0.15) is 0 Å². The van der Waals surface area contributed by atoms with Crippen LogP contribution < -0.4 is 5.32 Å². The highest BCUT2D eigenvalue weighted by molar-refractivity contribution is 5.88. The van der Waals surface area contributed by atoms with Gasteiger partial charge in [0.2, 0.25) is 5.91 Å². The Labute approximate surface area is 105 Å². The standard InChI is InChI=1S/C13H27N3O/c1-7-13(4)12(17)16(11(3)14-13)10(2)8-9-15(5)6/h10-11,14H,7-9H2,1-6H3. The van der Waals surface area contributed by atoms with Crippen LogP contribution >= 0.6 is 0 Å². The summed E-state index contributed by atoms with van der Waals surface area (Å²) >= 11 is 0. The first-order valence-electron chi connectivity index (χ1n) is 6.57. The van der Waals surface area contributed by atoms with Crippen LogP contribution in [0.2, 0.25) is 0 Å². The third kappa shape index (κ3) is 2.99. The van der Waals surface area contributed by atoms with Crippen molar-refractivity contribution in [3.63, 3.8) is 0 Å². The lowest BCUT2D eigenvalue weighted by atomic mass is 9.99. The molecule has 1 aliphatic heterocycles. The summed E-state index contributed by atoms with van der Waals surface area (Å²) in [5, 5.41) is 3.41. The van der Waals surface area contributed by atoms with Crippen LogP contribution in [0.15, 0.2) is 0 Å². The van der Waals surface area contributed by atoms with Gasteiger partial charge in [-0.3, -0.25) is 10.1 Å². The normalized spacial score (nSPS) is 31.4. The molecule has 1 rings (SSSR count). The van der Waals surface area contributed by atoms with E-state index in [2.05, 4.69) is 45.1 Å². The first-order chi connectivity index (χ1) is 7.81. The van der Waals surface area contributed by atoms with Gasteiger partial charge in [-0.15, -0.1) is 0 Å². The molecule has 3 atom stereocenters. The lowest BCUT2D eigenvalue weighted by Gasteiger charge is -2.29. The highest BCUT2D eigenvalue weighted by Gasteiger charge is 2.46. The Morgan fingerprint density at radius 2 is 2.12 bits per heavy atom. The molecule has 0 aliphatic carbocycles. The molecule has 100 valence electrons. The molecule has 1 amide bonds. The molecule has 0 radical (unpaired) electrons. The first kappa shape index (κ1) is 14.5. The van der Waals surface area contributed by atoms with Gasteiger partial charge in [0.05, 0.1) is 11.7 Å². The van der Waals surface area contributed by atoms with Gasteiger partial charge in [-0.05, 0) is 54.3 Å². The van der Waals surface area contributed by atoms with Gasteiger partial charge in [-0.25, -0.2) is 0 Å². The molecule has 0 aromatic rings. The second-order valence-corrected chi connectivity index (χ2v) is 5.66. The van der Waals surface area contributed by atoms with Gasteiger partial charge < -0.3 is 9.80 Å². The van der Waals surface area contributed by atoms with Crippen molar-refractivity contribution in [1.82, 2.24) is 15.1 Å². The summed E-state index contributed by atoms with van der Waals surface area (Å²) in [4.78, 5) is 16.6. The Morgan fingerprint density at radius 3 is 2.53 bits per heavy atom. The van der Waals surface area contributed by atoms with Crippen molar-refractivity contribution in [2.24, 2.45) is 0 Å². The average Bonchev–Trinajstić information content (AvgIpc) is 2.47. The minimum absolute atomic E-state index is 0.143. The number of nitrogens with zero attached hydrogens (tertiary/aromatic N) is 2. The molecule has 4 nitrogen and oxygen atoms in total. The molecule has 0 aromatic heterocycles. The fourth-order valence-corrected chi connectivity index (χ4v) is 2.47. The maximum absolute atomic E-state index is 12.4. The van der Waals surface area contributed by atoms with Crippen molar-refractivity contribution in [2.45, 2.75) is 58.3 Å². The Balaban J connectivity index is 2.68. The fraction of sp³-hybridized carbons (Fsp3) is 0.923. The lowest BCUT2D eigenvalue weighted by Crippen LogP contribution is -2.44. The Kier molecular flexibility index (Phi) is 4.55. The highest BCUT2D eigenvalue weighted by Crippen LogP contribution is 2.26. The molecule has 0 spiro atoms. The smallest absolute Gasteiger partial charge is 0.244 e. The maximum atomic E-state index is 12.4. The minimum atomic E-state index is -0.369. The molecule has 1 aliphatic rings. The van der Waals surface area contributed by atoms with Crippen LogP contribution in [0.3, 0.4) is 0 Å². The fourth-order valence-electron chi connectivity index (χ4n) is 2.47. The zero-order chi connectivity index (χ0) is 13.2. The summed E-state index contributed by atoms with van der Waals surface area (Å²) in [7, 11) is 4.13. The molecule has 0 aromatic carbocycles. The number of amides is 1. The number of hydrogen-bond acceptors (Lipinski definition) is 3. The summed E-state index contributed by atoms with van der Waals surface area (Å²) in [6.45, 7) is 9.29.